The second kappa shape index (κ2) is 6.76. The van der Waals surface area contributed by atoms with E-state index < -0.39 is 9.76 Å². The van der Waals surface area contributed by atoms with Crippen LogP contribution in [0.5, 0.6) is 0 Å². The minimum atomic E-state index is -0.509. The molecular weight excluding hydrogens is 190 g/mol. The molecule has 0 atom stereocenters. The molecule has 0 aliphatic heterocycles. The molecule has 0 aliphatic carbocycles. The molecule has 14 heavy (non-hydrogen) atoms. The topological polar surface area (TPSA) is 35.2 Å². The fourth-order valence-corrected chi connectivity index (χ4v) is 2.58. The minimum Gasteiger partial charge on any atom is -0.419 e. The van der Waals surface area contributed by atoms with Crippen LogP contribution in [-0.2, 0) is 10.8 Å². The minimum absolute atomic E-state index is 0.509. The monoisotopic (exact) mass is 209 g/mol. The van der Waals surface area contributed by atoms with E-state index >= 15 is 0 Å². The van der Waals surface area contributed by atoms with Crippen molar-refractivity contribution in [3.63, 3.8) is 0 Å². The first-order chi connectivity index (χ1) is 6.88. The van der Waals surface area contributed by atoms with Gasteiger partial charge in [-0.2, -0.15) is 0 Å². The Kier molecular flexibility index (Phi) is 5.52. The Balaban J connectivity index is 2.60. The van der Waals surface area contributed by atoms with Gasteiger partial charge in [0.15, 0.2) is 9.76 Å². The number of hydrogen-bond donors (Lipinski definition) is 1. The standard InChI is InChI=1S/C11H19NOSi/c1-2-13-14-11-8-4-3-6-10(11)7-5-9-12/h3-4,6,8H,2,5,7,9,12,14H2,1H3. The van der Waals surface area contributed by atoms with Crippen LogP contribution in [0.1, 0.15) is 18.9 Å². The molecular formula is C11H19NOSi. The molecule has 2 N–H and O–H groups in total. The van der Waals surface area contributed by atoms with Gasteiger partial charge in [0.1, 0.15) is 0 Å². The summed E-state index contributed by atoms with van der Waals surface area (Å²) < 4.78 is 5.55. The Bertz CT molecular complexity index is 238. The molecule has 0 bridgehead atoms. The summed E-state index contributed by atoms with van der Waals surface area (Å²) in [6, 6.07) is 8.56. The summed E-state index contributed by atoms with van der Waals surface area (Å²) in [4.78, 5) is 0. The summed E-state index contributed by atoms with van der Waals surface area (Å²) >= 11 is 0. The Labute approximate surface area is 88.4 Å². The maximum atomic E-state index is 5.55. The Morgan fingerprint density at radius 2 is 2.14 bits per heavy atom. The average molecular weight is 209 g/mol. The van der Waals surface area contributed by atoms with E-state index in [0.29, 0.717) is 0 Å². The van der Waals surface area contributed by atoms with Gasteiger partial charge in [-0.25, -0.2) is 0 Å². The van der Waals surface area contributed by atoms with Crippen LogP contribution in [0.25, 0.3) is 0 Å². The van der Waals surface area contributed by atoms with Crippen molar-refractivity contribution < 1.29 is 4.43 Å². The Morgan fingerprint density at radius 3 is 2.86 bits per heavy atom. The van der Waals surface area contributed by atoms with Crippen LogP contribution in [0.3, 0.4) is 0 Å². The highest BCUT2D eigenvalue weighted by atomic mass is 28.2. The van der Waals surface area contributed by atoms with E-state index in [1.807, 2.05) is 0 Å². The van der Waals surface area contributed by atoms with Crippen molar-refractivity contribution in [1.29, 1.82) is 0 Å². The zero-order valence-corrected chi connectivity index (χ0v) is 10.2. The lowest BCUT2D eigenvalue weighted by molar-refractivity contribution is 0.367. The van der Waals surface area contributed by atoms with E-state index in [1.54, 1.807) is 0 Å². The highest BCUT2D eigenvalue weighted by molar-refractivity contribution is 6.47. The van der Waals surface area contributed by atoms with Gasteiger partial charge in [-0.3, -0.25) is 0 Å². The third kappa shape index (κ3) is 3.62. The molecule has 1 rings (SSSR count). The molecule has 0 aromatic heterocycles. The van der Waals surface area contributed by atoms with Crippen LogP contribution in [0.15, 0.2) is 24.3 Å². The molecule has 0 aliphatic rings. The van der Waals surface area contributed by atoms with Gasteiger partial charge in [0.05, 0.1) is 0 Å². The van der Waals surface area contributed by atoms with E-state index in [0.717, 1.165) is 26.0 Å². The second-order valence-electron chi connectivity index (χ2n) is 3.30. The molecule has 78 valence electrons. The van der Waals surface area contributed by atoms with Crippen molar-refractivity contribution in [2.75, 3.05) is 13.2 Å². The first-order valence-corrected chi connectivity index (χ1v) is 6.51. The number of aryl methyl sites for hydroxylation is 1. The maximum Gasteiger partial charge on any atom is 0.192 e. The van der Waals surface area contributed by atoms with Crippen LogP contribution in [0.2, 0.25) is 0 Å². The molecule has 0 amide bonds. The SMILES string of the molecule is CCO[SiH2]c1ccccc1CCCN. The molecule has 0 saturated heterocycles. The van der Waals surface area contributed by atoms with Gasteiger partial charge >= 0.3 is 0 Å². The van der Waals surface area contributed by atoms with Crippen molar-refractivity contribution in [1.82, 2.24) is 0 Å². The van der Waals surface area contributed by atoms with Crippen molar-refractivity contribution in [3.8, 4) is 0 Å². The van der Waals surface area contributed by atoms with E-state index in [-0.39, 0.29) is 0 Å². The van der Waals surface area contributed by atoms with Crippen LogP contribution >= 0.6 is 0 Å². The fourth-order valence-electron chi connectivity index (χ4n) is 1.45. The zero-order valence-electron chi connectivity index (χ0n) is 8.83. The predicted molar refractivity (Wildman–Crippen MR) is 63.6 cm³/mol. The third-order valence-electron chi connectivity index (χ3n) is 2.23. The molecule has 0 radical (unpaired) electrons. The summed E-state index contributed by atoms with van der Waals surface area (Å²) in [7, 11) is -0.509. The summed E-state index contributed by atoms with van der Waals surface area (Å²) in [5.74, 6) is 0. The van der Waals surface area contributed by atoms with Gasteiger partial charge in [-0.15, -0.1) is 0 Å². The van der Waals surface area contributed by atoms with Crippen LogP contribution < -0.4 is 10.9 Å². The van der Waals surface area contributed by atoms with Crippen LogP contribution in [-0.4, -0.2) is 22.9 Å². The molecule has 1 aromatic rings. The van der Waals surface area contributed by atoms with Gasteiger partial charge in [0.2, 0.25) is 0 Å². The van der Waals surface area contributed by atoms with Gasteiger partial charge in [0.25, 0.3) is 0 Å². The van der Waals surface area contributed by atoms with Gasteiger partial charge < -0.3 is 10.2 Å². The zero-order chi connectivity index (χ0) is 10.2. The maximum absolute atomic E-state index is 5.55. The Morgan fingerprint density at radius 1 is 1.36 bits per heavy atom. The molecule has 0 spiro atoms. The summed E-state index contributed by atoms with van der Waals surface area (Å²) in [6.45, 7) is 3.65. The third-order valence-corrected chi connectivity index (χ3v) is 3.84. The highest BCUT2D eigenvalue weighted by Gasteiger charge is 2.01. The predicted octanol–water partition coefficient (Wildman–Crippen LogP) is 0.324. The number of nitrogens with two attached hydrogens (primary N) is 1. The van der Waals surface area contributed by atoms with Crippen molar-refractivity contribution in [2.24, 2.45) is 5.73 Å². The number of hydrogen-bond acceptors (Lipinski definition) is 2. The number of benzene rings is 1. The summed E-state index contributed by atoms with van der Waals surface area (Å²) in [5, 5.41) is 1.43. The average Bonchev–Trinajstić information content (AvgIpc) is 2.24. The second-order valence-corrected chi connectivity index (χ2v) is 4.76. The lowest BCUT2D eigenvalue weighted by Gasteiger charge is -2.08. The van der Waals surface area contributed by atoms with Crippen molar-refractivity contribution in [3.05, 3.63) is 29.8 Å². The van der Waals surface area contributed by atoms with Gasteiger partial charge in [-0.1, -0.05) is 24.3 Å². The van der Waals surface area contributed by atoms with Gasteiger partial charge in [-0.05, 0) is 37.1 Å². The lowest BCUT2D eigenvalue weighted by atomic mass is 10.1. The normalized spacial score (nSPS) is 11.3. The van der Waals surface area contributed by atoms with E-state index in [9.17, 15) is 0 Å². The largest absolute Gasteiger partial charge is 0.419 e. The molecule has 0 unspecified atom stereocenters. The van der Waals surface area contributed by atoms with Crippen molar-refractivity contribution in [2.45, 2.75) is 19.8 Å². The summed E-state index contributed by atoms with van der Waals surface area (Å²) in [6.07, 6.45) is 2.16. The first kappa shape index (κ1) is 11.4. The molecule has 1 aromatic carbocycles. The molecule has 0 fully saturated rings. The Hall–Kier alpha value is -0.643. The molecule has 2 nitrogen and oxygen atoms in total. The molecule has 3 heteroatoms. The van der Waals surface area contributed by atoms with E-state index in [2.05, 4.69) is 31.2 Å². The van der Waals surface area contributed by atoms with Crippen LogP contribution in [0.4, 0.5) is 0 Å². The van der Waals surface area contributed by atoms with E-state index in [4.69, 9.17) is 10.2 Å². The van der Waals surface area contributed by atoms with Crippen LogP contribution in [0, 0.1) is 0 Å². The number of rotatable bonds is 6. The van der Waals surface area contributed by atoms with E-state index in [1.165, 1.54) is 10.8 Å². The van der Waals surface area contributed by atoms with Crippen molar-refractivity contribution >= 4 is 14.9 Å². The molecule has 0 saturated carbocycles. The fraction of sp³-hybridized carbons (Fsp3) is 0.455. The summed E-state index contributed by atoms with van der Waals surface area (Å²) in [5.41, 5.74) is 6.94. The lowest BCUT2D eigenvalue weighted by Crippen LogP contribution is -2.22. The quantitative estimate of drug-likeness (QED) is 0.685. The highest BCUT2D eigenvalue weighted by Crippen LogP contribution is 1.99. The first-order valence-electron chi connectivity index (χ1n) is 5.23. The molecule has 0 heterocycles. The smallest absolute Gasteiger partial charge is 0.192 e. The van der Waals surface area contributed by atoms with Gasteiger partial charge in [0, 0.05) is 6.61 Å².